The molecule has 1 fully saturated rings. The lowest BCUT2D eigenvalue weighted by Gasteiger charge is -2.38. The number of carbonyl (C=O) groups is 1. The number of piperazine rings is 1. The molecule has 0 bridgehead atoms. The monoisotopic (exact) mass is 298 g/mol. The van der Waals surface area contributed by atoms with E-state index >= 15 is 0 Å². The van der Waals surface area contributed by atoms with Gasteiger partial charge in [0.25, 0.3) is 0 Å². The molecule has 108 valence electrons. The maximum Gasteiger partial charge on any atom is 0.238 e. The maximum absolute atomic E-state index is 12.0. The Bertz CT molecular complexity index is 372. The van der Waals surface area contributed by atoms with Crippen molar-refractivity contribution in [1.29, 1.82) is 0 Å². The predicted octanol–water partition coefficient (Wildman–Crippen LogP) is 0.442. The number of carbonyl (C=O) groups excluding carboxylic acids is 1. The van der Waals surface area contributed by atoms with Gasteiger partial charge in [-0.1, -0.05) is 6.92 Å². The fourth-order valence-electron chi connectivity index (χ4n) is 2.06. The first kappa shape index (κ1) is 17.7. The van der Waals surface area contributed by atoms with Crippen LogP contribution in [0.1, 0.15) is 27.2 Å². The molecule has 1 N–H and O–H groups in total. The molecule has 0 saturated carbocycles. The topological polar surface area (TPSA) is 66.5 Å². The van der Waals surface area contributed by atoms with Crippen molar-refractivity contribution in [2.75, 3.05) is 24.6 Å². The third kappa shape index (κ3) is 4.74. The summed E-state index contributed by atoms with van der Waals surface area (Å²) >= 11 is 0. The van der Waals surface area contributed by atoms with Gasteiger partial charge in [-0.3, -0.25) is 4.79 Å². The van der Waals surface area contributed by atoms with Gasteiger partial charge >= 0.3 is 0 Å². The van der Waals surface area contributed by atoms with Gasteiger partial charge in [-0.25, -0.2) is 8.42 Å². The number of rotatable bonds is 4. The van der Waals surface area contributed by atoms with Crippen molar-refractivity contribution in [2.24, 2.45) is 0 Å². The normalized spacial score (nSPS) is 24.5. The third-order valence-electron chi connectivity index (χ3n) is 3.21. The van der Waals surface area contributed by atoms with Crippen LogP contribution >= 0.6 is 12.4 Å². The second-order valence-electron chi connectivity index (χ2n) is 4.66. The van der Waals surface area contributed by atoms with E-state index in [2.05, 4.69) is 5.32 Å². The molecule has 1 heterocycles. The molecular formula is C11H23ClN2O3S. The zero-order chi connectivity index (χ0) is 13.1. The quantitative estimate of drug-likeness (QED) is 0.818. The molecule has 0 radical (unpaired) electrons. The molecule has 7 heteroatoms. The summed E-state index contributed by atoms with van der Waals surface area (Å²) in [5.74, 6) is -0.522. The van der Waals surface area contributed by atoms with Crippen molar-refractivity contribution in [1.82, 2.24) is 10.2 Å². The molecule has 0 aromatic heterocycles. The lowest BCUT2D eigenvalue weighted by molar-refractivity contribution is -0.132. The molecule has 1 saturated heterocycles. The minimum Gasteiger partial charge on any atom is -0.336 e. The minimum atomic E-state index is -3.23. The molecule has 2 atom stereocenters. The number of nitrogens with zero attached hydrogens (tertiary/aromatic N) is 1. The van der Waals surface area contributed by atoms with Crippen molar-refractivity contribution in [3.05, 3.63) is 0 Å². The first-order chi connectivity index (χ1) is 7.87. The van der Waals surface area contributed by atoms with E-state index in [-0.39, 0.29) is 41.9 Å². The molecule has 1 amide bonds. The molecule has 2 unspecified atom stereocenters. The van der Waals surface area contributed by atoms with Crippen LogP contribution in [0.25, 0.3) is 0 Å². The number of hydrogen-bond donors (Lipinski definition) is 1. The summed E-state index contributed by atoms with van der Waals surface area (Å²) in [6.07, 6.45) is 0.559. The van der Waals surface area contributed by atoms with Gasteiger partial charge in [-0.05, 0) is 20.3 Å². The van der Waals surface area contributed by atoms with E-state index in [0.717, 1.165) is 6.54 Å². The highest BCUT2D eigenvalue weighted by molar-refractivity contribution is 7.92. The van der Waals surface area contributed by atoms with Crippen LogP contribution in [-0.4, -0.2) is 55.9 Å². The predicted molar refractivity (Wildman–Crippen MR) is 74.8 cm³/mol. The van der Waals surface area contributed by atoms with Crippen molar-refractivity contribution < 1.29 is 13.2 Å². The van der Waals surface area contributed by atoms with Gasteiger partial charge in [0.05, 0.1) is 5.75 Å². The first-order valence-corrected chi connectivity index (χ1v) is 7.93. The summed E-state index contributed by atoms with van der Waals surface area (Å²) in [6.45, 7) is 7.07. The van der Waals surface area contributed by atoms with Gasteiger partial charge in [0.15, 0.2) is 9.84 Å². The molecule has 5 nitrogen and oxygen atoms in total. The zero-order valence-electron chi connectivity index (χ0n) is 11.2. The molecule has 0 spiro atoms. The Morgan fingerprint density at radius 2 is 2.00 bits per heavy atom. The highest BCUT2D eigenvalue weighted by Gasteiger charge is 2.30. The molecule has 18 heavy (non-hydrogen) atoms. The molecule has 1 rings (SSSR count). The van der Waals surface area contributed by atoms with E-state index in [0.29, 0.717) is 13.0 Å². The molecule has 1 aliphatic heterocycles. The minimum absolute atomic E-state index is 0. The van der Waals surface area contributed by atoms with Crippen LogP contribution in [0, 0.1) is 0 Å². The van der Waals surface area contributed by atoms with Crippen LogP contribution in [-0.2, 0) is 14.6 Å². The van der Waals surface area contributed by atoms with Crippen molar-refractivity contribution in [2.45, 2.75) is 39.3 Å². The molecule has 1 aliphatic rings. The summed E-state index contributed by atoms with van der Waals surface area (Å²) < 4.78 is 23.2. The third-order valence-corrected chi connectivity index (χ3v) is 4.93. The molecule has 0 aromatic rings. The average molecular weight is 299 g/mol. The first-order valence-electron chi connectivity index (χ1n) is 6.10. The van der Waals surface area contributed by atoms with Gasteiger partial charge in [0, 0.05) is 25.2 Å². The van der Waals surface area contributed by atoms with Gasteiger partial charge in [-0.15, -0.1) is 12.4 Å². The number of amides is 1. The summed E-state index contributed by atoms with van der Waals surface area (Å²) in [5, 5.41) is 3.26. The van der Waals surface area contributed by atoms with Crippen LogP contribution in [0.3, 0.4) is 0 Å². The van der Waals surface area contributed by atoms with Crippen LogP contribution in [0.4, 0.5) is 0 Å². The largest absolute Gasteiger partial charge is 0.336 e. The Kier molecular flexibility index (Phi) is 7.17. The number of nitrogens with one attached hydrogen (secondary N) is 1. The summed E-state index contributed by atoms with van der Waals surface area (Å²) in [5.41, 5.74) is 0. The number of halogens is 1. The standard InChI is InChI=1S/C11H22N2O3S.ClH/c1-4-7-17(15,16)8-11(14)13-6-5-12-9(2)10(13)3;/h9-10,12H,4-8H2,1-3H3;1H. The van der Waals surface area contributed by atoms with E-state index in [1.54, 1.807) is 11.8 Å². The Balaban J connectivity index is 0.00000289. The molecule has 0 aliphatic carbocycles. The summed E-state index contributed by atoms with van der Waals surface area (Å²) in [7, 11) is -3.23. The fraction of sp³-hybridized carbons (Fsp3) is 0.909. The summed E-state index contributed by atoms with van der Waals surface area (Å²) in [4.78, 5) is 13.6. The Morgan fingerprint density at radius 1 is 1.39 bits per heavy atom. The maximum atomic E-state index is 12.0. The lowest BCUT2D eigenvalue weighted by atomic mass is 10.1. The number of hydrogen-bond acceptors (Lipinski definition) is 4. The van der Waals surface area contributed by atoms with E-state index in [1.165, 1.54) is 0 Å². The van der Waals surface area contributed by atoms with Gasteiger partial charge in [-0.2, -0.15) is 0 Å². The second-order valence-corrected chi connectivity index (χ2v) is 6.85. The van der Waals surface area contributed by atoms with E-state index < -0.39 is 9.84 Å². The van der Waals surface area contributed by atoms with Crippen LogP contribution in [0.5, 0.6) is 0 Å². The van der Waals surface area contributed by atoms with E-state index in [1.807, 2.05) is 13.8 Å². The zero-order valence-corrected chi connectivity index (χ0v) is 12.8. The average Bonchev–Trinajstić information content (AvgIpc) is 2.21. The van der Waals surface area contributed by atoms with Gasteiger partial charge in [0.1, 0.15) is 5.75 Å². The van der Waals surface area contributed by atoms with Crippen LogP contribution in [0.15, 0.2) is 0 Å². The fourth-order valence-corrected chi connectivity index (χ4v) is 3.37. The Labute approximate surface area is 116 Å². The van der Waals surface area contributed by atoms with Crippen LogP contribution in [0.2, 0.25) is 0 Å². The summed E-state index contributed by atoms with van der Waals surface area (Å²) in [6, 6.07) is 0.259. The molecule has 0 aromatic carbocycles. The van der Waals surface area contributed by atoms with Crippen molar-refractivity contribution in [3.63, 3.8) is 0 Å². The number of sulfone groups is 1. The van der Waals surface area contributed by atoms with Crippen molar-refractivity contribution >= 4 is 28.2 Å². The highest BCUT2D eigenvalue weighted by atomic mass is 35.5. The SMILES string of the molecule is CCCS(=O)(=O)CC(=O)N1CCNC(C)C1C.Cl. The van der Waals surface area contributed by atoms with Crippen molar-refractivity contribution in [3.8, 4) is 0 Å². The smallest absolute Gasteiger partial charge is 0.238 e. The lowest BCUT2D eigenvalue weighted by Crippen LogP contribution is -2.58. The highest BCUT2D eigenvalue weighted by Crippen LogP contribution is 2.10. The van der Waals surface area contributed by atoms with Crippen LogP contribution < -0.4 is 5.32 Å². The Hall–Kier alpha value is -0.330. The van der Waals surface area contributed by atoms with E-state index in [9.17, 15) is 13.2 Å². The van der Waals surface area contributed by atoms with E-state index in [4.69, 9.17) is 0 Å². The molecular weight excluding hydrogens is 276 g/mol. The van der Waals surface area contributed by atoms with Gasteiger partial charge < -0.3 is 10.2 Å². The van der Waals surface area contributed by atoms with Gasteiger partial charge in [0.2, 0.25) is 5.91 Å². The second kappa shape index (κ2) is 7.31. The Morgan fingerprint density at radius 3 is 2.56 bits per heavy atom.